The first-order valence-electron chi connectivity index (χ1n) is 8.77. The highest BCUT2D eigenvalue weighted by Crippen LogP contribution is 2.15. The number of nitrogens with zero attached hydrogens (tertiary/aromatic N) is 1. The maximum Gasteiger partial charge on any atom is 0.240 e. The molecule has 2 rings (SSSR count). The Morgan fingerprint density at radius 2 is 1.92 bits per heavy atom. The Labute approximate surface area is 153 Å². The van der Waals surface area contributed by atoms with Crippen molar-refractivity contribution in [1.82, 2.24) is 9.62 Å². The number of piperidine rings is 1. The van der Waals surface area contributed by atoms with Gasteiger partial charge in [-0.2, -0.15) is 0 Å². The molecule has 0 unspecified atom stereocenters. The van der Waals surface area contributed by atoms with Crippen LogP contribution in [0.25, 0.3) is 0 Å². The zero-order valence-electron chi connectivity index (χ0n) is 14.7. The van der Waals surface area contributed by atoms with Gasteiger partial charge >= 0.3 is 0 Å². The summed E-state index contributed by atoms with van der Waals surface area (Å²) in [6.45, 7) is 2.46. The van der Waals surface area contributed by atoms with E-state index >= 15 is 0 Å². The fraction of sp³-hybridized carbons (Fsp3) is 0.588. The lowest BCUT2D eigenvalue weighted by atomic mass is 10.1. The van der Waals surface area contributed by atoms with Crippen molar-refractivity contribution >= 4 is 15.9 Å². The van der Waals surface area contributed by atoms with Gasteiger partial charge in [-0.1, -0.05) is 0 Å². The van der Waals surface area contributed by atoms with Crippen LogP contribution in [0.15, 0.2) is 29.2 Å². The van der Waals surface area contributed by atoms with Crippen molar-refractivity contribution in [1.29, 1.82) is 0 Å². The molecule has 1 heterocycles. The summed E-state index contributed by atoms with van der Waals surface area (Å²) in [6.07, 6.45) is 2.62. The van der Waals surface area contributed by atoms with E-state index in [-0.39, 0.29) is 29.9 Å². The second-order valence-electron chi connectivity index (χ2n) is 6.19. The van der Waals surface area contributed by atoms with E-state index in [1.54, 1.807) is 4.90 Å². The predicted molar refractivity (Wildman–Crippen MR) is 95.4 cm³/mol. The molecule has 7 nitrogen and oxygen atoms in total. The molecule has 1 aliphatic heterocycles. The van der Waals surface area contributed by atoms with Crippen molar-refractivity contribution < 1.29 is 22.3 Å². The van der Waals surface area contributed by atoms with E-state index in [0.29, 0.717) is 26.2 Å². The molecule has 0 bridgehead atoms. The highest BCUT2D eigenvalue weighted by Gasteiger charge is 2.23. The molecule has 1 fully saturated rings. The number of halogens is 1. The average molecular weight is 387 g/mol. The van der Waals surface area contributed by atoms with Gasteiger partial charge in [0.2, 0.25) is 15.9 Å². The topological polar surface area (TPSA) is 102 Å². The van der Waals surface area contributed by atoms with Gasteiger partial charge in [-0.25, -0.2) is 17.5 Å². The number of rotatable bonds is 9. The Kier molecular flexibility index (Phi) is 7.95. The molecule has 1 aromatic carbocycles. The van der Waals surface area contributed by atoms with Crippen molar-refractivity contribution in [3.8, 4) is 0 Å². The molecule has 0 atom stereocenters. The third-order valence-corrected chi connectivity index (χ3v) is 5.73. The molecule has 1 amide bonds. The van der Waals surface area contributed by atoms with Crippen molar-refractivity contribution in [2.24, 2.45) is 5.73 Å². The van der Waals surface area contributed by atoms with Crippen molar-refractivity contribution in [3.63, 3.8) is 0 Å². The minimum Gasteiger partial charge on any atom is -0.378 e. The van der Waals surface area contributed by atoms with E-state index in [0.717, 1.165) is 31.4 Å². The number of amides is 1. The van der Waals surface area contributed by atoms with Crippen LogP contribution in [-0.2, 0) is 19.6 Å². The number of carbonyl (C=O) groups excluding carboxylic acids is 1. The number of carbonyl (C=O) groups is 1. The number of ether oxygens (including phenoxy) is 1. The van der Waals surface area contributed by atoms with Gasteiger partial charge in [-0.3, -0.25) is 4.79 Å². The number of likely N-dealkylation sites (tertiary alicyclic amines) is 1. The summed E-state index contributed by atoms with van der Waals surface area (Å²) in [4.78, 5) is 13.9. The first-order chi connectivity index (χ1) is 12.4. The Hall–Kier alpha value is -1.55. The molecule has 146 valence electrons. The van der Waals surface area contributed by atoms with E-state index in [4.69, 9.17) is 10.5 Å². The standard InChI is InChI=1S/C17H26FN3O4S/c18-14-2-4-16(5-3-14)26(23,24)20-10-6-17(22)21-11-7-15(8-12-21)25-13-1-9-19/h2-5,15,20H,1,6-13,19H2. The van der Waals surface area contributed by atoms with Gasteiger partial charge in [-0.15, -0.1) is 0 Å². The second-order valence-corrected chi connectivity index (χ2v) is 7.96. The van der Waals surface area contributed by atoms with Crippen LogP contribution in [0.2, 0.25) is 0 Å². The van der Waals surface area contributed by atoms with E-state index in [1.807, 2.05) is 0 Å². The minimum atomic E-state index is -3.74. The van der Waals surface area contributed by atoms with Crippen molar-refractivity contribution in [3.05, 3.63) is 30.1 Å². The van der Waals surface area contributed by atoms with Crippen LogP contribution in [-0.4, -0.2) is 58.1 Å². The molecule has 26 heavy (non-hydrogen) atoms. The van der Waals surface area contributed by atoms with E-state index in [1.165, 1.54) is 12.1 Å². The lowest BCUT2D eigenvalue weighted by Crippen LogP contribution is -2.42. The number of hydrogen-bond acceptors (Lipinski definition) is 5. The fourth-order valence-electron chi connectivity index (χ4n) is 2.75. The summed E-state index contributed by atoms with van der Waals surface area (Å²) < 4.78 is 45.1. The molecule has 1 aliphatic rings. The Morgan fingerprint density at radius 1 is 1.27 bits per heavy atom. The molecule has 1 saturated heterocycles. The van der Waals surface area contributed by atoms with Crippen LogP contribution in [0.4, 0.5) is 4.39 Å². The molecule has 0 radical (unpaired) electrons. The van der Waals surface area contributed by atoms with Gasteiger partial charge in [0.05, 0.1) is 11.0 Å². The number of benzene rings is 1. The lowest BCUT2D eigenvalue weighted by molar-refractivity contribution is -0.133. The van der Waals surface area contributed by atoms with Crippen molar-refractivity contribution in [2.45, 2.75) is 36.7 Å². The number of sulfonamides is 1. The molecule has 0 aliphatic carbocycles. The summed E-state index contributed by atoms with van der Waals surface area (Å²) in [5, 5.41) is 0. The smallest absolute Gasteiger partial charge is 0.240 e. The highest BCUT2D eigenvalue weighted by molar-refractivity contribution is 7.89. The molecule has 0 aromatic heterocycles. The molecule has 0 spiro atoms. The number of nitrogens with two attached hydrogens (primary N) is 1. The Bertz CT molecular complexity index is 674. The lowest BCUT2D eigenvalue weighted by Gasteiger charge is -2.32. The Morgan fingerprint density at radius 3 is 2.54 bits per heavy atom. The third-order valence-electron chi connectivity index (χ3n) is 4.25. The van der Waals surface area contributed by atoms with Crippen LogP contribution in [0.1, 0.15) is 25.7 Å². The predicted octanol–water partition coefficient (Wildman–Crippen LogP) is 0.850. The average Bonchev–Trinajstić information content (AvgIpc) is 2.62. The van der Waals surface area contributed by atoms with Gasteiger partial charge < -0.3 is 15.4 Å². The van der Waals surface area contributed by atoms with Crippen LogP contribution < -0.4 is 10.5 Å². The minimum absolute atomic E-state index is 0.00543. The van der Waals surface area contributed by atoms with Crippen LogP contribution >= 0.6 is 0 Å². The van der Waals surface area contributed by atoms with Gasteiger partial charge in [0, 0.05) is 32.7 Å². The van der Waals surface area contributed by atoms with E-state index < -0.39 is 15.8 Å². The van der Waals surface area contributed by atoms with Gasteiger partial charge in [-0.05, 0) is 50.1 Å². The summed E-state index contributed by atoms with van der Waals surface area (Å²) in [5.74, 6) is -0.596. The second kappa shape index (κ2) is 9.96. The van der Waals surface area contributed by atoms with Crippen LogP contribution in [0.3, 0.4) is 0 Å². The molecule has 1 aromatic rings. The molecule has 3 N–H and O–H groups in total. The molecule has 9 heteroatoms. The van der Waals surface area contributed by atoms with Gasteiger partial charge in [0.15, 0.2) is 0 Å². The molecular weight excluding hydrogens is 361 g/mol. The Balaban J connectivity index is 1.71. The number of nitrogens with one attached hydrogen (secondary N) is 1. The quantitative estimate of drug-likeness (QED) is 0.612. The maximum atomic E-state index is 12.9. The zero-order chi connectivity index (χ0) is 19.0. The first-order valence-corrected chi connectivity index (χ1v) is 10.3. The monoisotopic (exact) mass is 387 g/mol. The van der Waals surface area contributed by atoms with E-state index in [9.17, 15) is 17.6 Å². The SMILES string of the molecule is NCCCOC1CCN(C(=O)CCNS(=O)(=O)c2ccc(F)cc2)CC1. The third kappa shape index (κ3) is 6.31. The van der Waals surface area contributed by atoms with Gasteiger partial charge in [0.1, 0.15) is 5.82 Å². The summed E-state index contributed by atoms with van der Waals surface area (Å²) in [5.41, 5.74) is 5.43. The van der Waals surface area contributed by atoms with E-state index in [2.05, 4.69) is 4.72 Å². The normalized spacial score (nSPS) is 16.0. The summed E-state index contributed by atoms with van der Waals surface area (Å²) in [6, 6.07) is 4.54. The molecule has 0 saturated carbocycles. The number of hydrogen-bond donors (Lipinski definition) is 2. The highest BCUT2D eigenvalue weighted by atomic mass is 32.2. The van der Waals surface area contributed by atoms with Gasteiger partial charge in [0.25, 0.3) is 0 Å². The fourth-order valence-corrected chi connectivity index (χ4v) is 3.78. The summed E-state index contributed by atoms with van der Waals surface area (Å²) in [7, 11) is -3.74. The van der Waals surface area contributed by atoms with Crippen LogP contribution in [0.5, 0.6) is 0 Å². The van der Waals surface area contributed by atoms with Crippen LogP contribution in [0, 0.1) is 5.82 Å². The zero-order valence-corrected chi connectivity index (χ0v) is 15.5. The van der Waals surface area contributed by atoms with Crippen molar-refractivity contribution in [2.75, 3.05) is 32.8 Å². The summed E-state index contributed by atoms with van der Waals surface area (Å²) >= 11 is 0. The molecular formula is C17H26FN3O4S. The maximum absolute atomic E-state index is 12.9. The first kappa shape index (κ1) is 20.8. The largest absolute Gasteiger partial charge is 0.378 e.